The van der Waals surface area contributed by atoms with Gasteiger partial charge in [-0.2, -0.15) is 5.09 Å². The summed E-state index contributed by atoms with van der Waals surface area (Å²) in [7, 11) is -4.10. The van der Waals surface area contributed by atoms with E-state index in [1.165, 1.54) is 24.2 Å². The van der Waals surface area contributed by atoms with Crippen LogP contribution in [0.1, 0.15) is 47.7 Å². The number of nitrogens with one attached hydrogen (secondary N) is 1. The fourth-order valence-corrected chi connectivity index (χ4v) is 5.64. The maximum atomic E-state index is 13.8. The van der Waals surface area contributed by atoms with E-state index in [1.807, 2.05) is 12.1 Å². The van der Waals surface area contributed by atoms with Gasteiger partial charge in [-0.25, -0.2) is 9.36 Å². The molecule has 0 saturated heterocycles. The van der Waals surface area contributed by atoms with Crippen molar-refractivity contribution in [2.24, 2.45) is 5.73 Å². The lowest BCUT2D eigenvalue weighted by atomic mass is 9.92. The summed E-state index contributed by atoms with van der Waals surface area (Å²) in [5, 5.41) is 13.0. The molecule has 37 heavy (non-hydrogen) atoms. The number of aromatic hydroxyl groups is 1. The zero-order valence-electron chi connectivity index (χ0n) is 21.0. The van der Waals surface area contributed by atoms with E-state index in [0.29, 0.717) is 22.6 Å². The molecule has 0 spiro atoms. The number of hydrogen-bond acceptors (Lipinski definition) is 8. The van der Waals surface area contributed by atoms with E-state index < -0.39 is 19.8 Å². The summed E-state index contributed by atoms with van der Waals surface area (Å²) in [6.07, 6.45) is 5.75. The first-order chi connectivity index (χ1) is 17.8. The summed E-state index contributed by atoms with van der Waals surface area (Å²) in [5.74, 6) is 0.0521. The Kier molecular flexibility index (Phi) is 8.61. The number of nitrogens with zero attached hydrogens (tertiary/aromatic N) is 1. The minimum Gasteiger partial charge on any atom is -0.506 e. The number of hydrogen-bond donors (Lipinski definition) is 3. The number of ether oxygens (including phenoxy) is 1. The number of esters is 1. The van der Waals surface area contributed by atoms with Gasteiger partial charge in [0.2, 0.25) is 0 Å². The minimum absolute atomic E-state index is 0.0364. The highest BCUT2D eigenvalue weighted by atomic mass is 31.2. The Balaban J connectivity index is 1.50. The van der Waals surface area contributed by atoms with Crippen LogP contribution >= 0.6 is 7.75 Å². The van der Waals surface area contributed by atoms with Gasteiger partial charge in [-0.15, -0.1) is 0 Å². The SMILES string of the molecule is Cc1ncc(COP(=O)(NC(C)C(=O)Oc2ccc3c(c2)CCCC3)Oc2ccccc2)c(CN)c1O. The second-order valence-electron chi connectivity index (χ2n) is 8.98. The third-order valence-corrected chi connectivity index (χ3v) is 7.86. The van der Waals surface area contributed by atoms with Crippen LogP contribution in [0.25, 0.3) is 0 Å². The van der Waals surface area contributed by atoms with Crippen LogP contribution in [0.5, 0.6) is 17.2 Å². The number of benzene rings is 2. The predicted molar refractivity (Wildman–Crippen MR) is 139 cm³/mol. The van der Waals surface area contributed by atoms with E-state index in [-0.39, 0.29) is 24.7 Å². The summed E-state index contributed by atoms with van der Waals surface area (Å²) in [6.45, 7) is 2.99. The number of carbonyl (C=O) groups excluding carboxylic acids is 1. The molecule has 1 aliphatic rings. The van der Waals surface area contributed by atoms with Gasteiger partial charge >= 0.3 is 13.7 Å². The van der Waals surface area contributed by atoms with Crippen molar-refractivity contribution in [3.63, 3.8) is 0 Å². The molecule has 3 aromatic rings. The molecule has 4 N–H and O–H groups in total. The van der Waals surface area contributed by atoms with Crippen molar-refractivity contribution in [2.45, 2.75) is 58.7 Å². The first-order valence-corrected chi connectivity index (χ1v) is 13.8. The van der Waals surface area contributed by atoms with Crippen molar-refractivity contribution in [3.05, 3.63) is 82.7 Å². The number of pyridine rings is 1. The Morgan fingerprint density at radius 3 is 2.59 bits per heavy atom. The number of nitrogens with two attached hydrogens (primary N) is 1. The van der Waals surface area contributed by atoms with E-state index in [0.717, 1.165) is 25.7 Å². The molecule has 0 bridgehead atoms. The fraction of sp³-hybridized carbons (Fsp3) is 0.333. The minimum atomic E-state index is -4.10. The number of aryl methyl sites for hydroxylation is 3. The van der Waals surface area contributed by atoms with Crippen molar-refractivity contribution in [3.8, 4) is 17.2 Å². The highest BCUT2D eigenvalue weighted by molar-refractivity contribution is 7.52. The standard InChI is InChI=1S/C27H32N3O6P/c1-18-26(31)25(15-28)22(16-29-18)17-34-37(33,36-23-10-4-3-5-11-23)30-19(2)27(32)35-24-13-12-20-8-6-7-9-21(20)14-24/h3-5,10-14,16,19,31H,6-9,15,17,28H2,1-2H3,(H,30,33). The Morgan fingerprint density at radius 1 is 1.14 bits per heavy atom. The molecule has 1 aliphatic carbocycles. The Hall–Kier alpha value is -3.23. The molecule has 2 unspecified atom stereocenters. The number of fused-ring (bicyclic) bond motifs is 1. The van der Waals surface area contributed by atoms with E-state index in [2.05, 4.69) is 10.1 Å². The second-order valence-corrected chi connectivity index (χ2v) is 10.7. The molecule has 0 radical (unpaired) electrons. The lowest BCUT2D eigenvalue weighted by molar-refractivity contribution is -0.136. The van der Waals surface area contributed by atoms with Gasteiger partial charge in [-0.05, 0) is 74.9 Å². The molecule has 4 rings (SSSR count). The van der Waals surface area contributed by atoms with E-state index in [4.69, 9.17) is 19.5 Å². The van der Waals surface area contributed by atoms with Crippen molar-refractivity contribution in [1.82, 2.24) is 10.1 Å². The van der Waals surface area contributed by atoms with Gasteiger partial charge in [-0.3, -0.25) is 9.51 Å². The molecule has 2 aromatic carbocycles. The van der Waals surface area contributed by atoms with Gasteiger partial charge in [0, 0.05) is 23.9 Å². The normalized spacial score (nSPS) is 15.3. The average molecular weight is 526 g/mol. The van der Waals surface area contributed by atoms with Gasteiger partial charge in [0.15, 0.2) is 0 Å². The summed E-state index contributed by atoms with van der Waals surface area (Å²) in [4.78, 5) is 17.0. The lowest BCUT2D eigenvalue weighted by Crippen LogP contribution is -2.36. The van der Waals surface area contributed by atoms with Gasteiger partial charge in [0.25, 0.3) is 0 Å². The molecule has 2 atom stereocenters. The van der Waals surface area contributed by atoms with Crippen LogP contribution in [0.3, 0.4) is 0 Å². The Bertz CT molecular complexity index is 1300. The molecule has 1 heterocycles. The maximum absolute atomic E-state index is 13.8. The maximum Gasteiger partial charge on any atom is 0.459 e. The van der Waals surface area contributed by atoms with E-state index in [1.54, 1.807) is 43.3 Å². The topological polar surface area (TPSA) is 133 Å². The smallest absolute Gasteiger partial charge is 0.459 e. The monoisotopic (exact) mass is 525 g/mol. The van der Waals surface area contributed by atoms with E-state index >= 15 is 0 Å². The summed E-state index contributed by atoms with van der Waals surface area (Å²) in [5.41, 5.74) is 9.56. The molecule has 10 heteroatoms. The summed E-state index contributed by atoms with van der Waals surface area (Å²) < 4.78 is 30.8. The zero-order chi connectivity index (χ0) is 26.4. The van der Waals surface area contributed by atoms with E-state index in [9.17, 15) is 14.5 Å². The Morgan fingerprint density at radius 2 is 1.86 bits per heavy atom. The fourth-order valence-electron chi connectivity index (χ4n) is 4.17. The van der Waals surface area contributed by atoms with Crippen LogP contribution in [0.4, 0.5) is 0 Å². The third-order valence-electron chi connectivity index (χ3n) is 6.24. The number of rotatable bonds is 10. The lowest BCUT2D eigenvalue weighted by Gasteiger charge is -2.23. The quantitative estimate of drug-likeness (QED) is 0.195. The molecular formula is C27H32N3O6P. The number of aromatic nitrogens is 1. The number of carbonyl (C=O) groups is 1. The average Bonchev–Trinajstić information content (AvgIpc) is 2.89. The largest absolute Gasteiger partial charge is 0.506 e. The molecule has 1 aromatic heterocycles. The van der Waals surface area contributed by atoms with Gasteiger partial charge in [0.1, 0.15) is 23.3 Å². The van der Waals surface area contributed by atoms with Crippen LogP contribution < -0.4 is 20.1 Å². The third kappa shape index (κ3) is 6.76. The van der Waals surface area contributed by atoms with Crippen LogP contribution in [-0.4, -0.2) is 22.1 Å². The van der Waals surface area contributed by atoms with Crippen molar-refractivity contribution in [2.75, 3.05) is 0 Å². The van der Waals surface area contributed by atoms with Gasteiger partial charge in [0.05, 0.1) is 12.3 Å². The number of para-hydroxylation sites is 1. The first-order valence-electron chi connectivity index (χ1n) is 12.2. The molecule has 196 valence electrons. The zero-order valence-corrected chi connectivity index (χ0v) is 21.9. The van der Waals surface area contributed by atoms with Crippen LogP contribution in [0, 0.1) is 6.92 Å². The summed E-state index contributed by atoms with van der Waals surface area (Å²) in [6, 6.07) is 13.1. The highest BCUT2D eigenvalue weighted by Crippen LogP contribution is 2.46. The van der Waals surface area contributed by atoms with Crippen LogP contribution in [0.15, 0.2) is 54.7 Å². The van der Waals surface area contributed by atoms with Crippen LogP contribution in [0.2, 0.25) is 0 Å². The molecule has 0 amide bonds. The van der Waals surface area contributed by atoms with Crippen molar-refractivity contribution >= 4 is 13.7 Å². The van der Waals surface area contributed by atoms with Crippen molar-refractivity contribution in [1.29, 1.82) is 0 Å². The summed E-state index contributed by atoms with van der Waals surface area (Å²) >= 11 is 0. The van der Waals surface area contributed by atoms with Gasteiger partial charge < -0.3 is 20.1 Å². The van der Waals surface area contributed by atoms with Crippen LogP contribution in [-0.2, 0) is 39.9 Å². The predicted octanol–water partition coefficient (Wildman–Crippen LogP) is 4.72. The molecule has 0 aliphatic heterocycles. The molecule has 9 nitrogen and oxygen atoms in total. The second kappa shape index (κ2) is 11.9. The van der Waals surface area contributed by atoms with Crippen molar-refractivity contribution < 1.29 is 28.3 Å². The first kappa shape index (κ1) is 26.8. The molecule has 0 saturated carbocycles. The van der Waals surface area contributed by atoms with Gasteiger partial charge in [-0.1, -0.05) is 24.3 Å². The molecular weight excluding hydrogens is 493 g/mol. The molecule has 0 fully saturated rings. The highest BCUT2D eigenvalue weighted by Gasteiger charge is 2.33. The Labute approximate surface area is 216 Å².